The lowest BCUT2D eigenvalue weighted by molar-refractivity contribution is 0.0928. The maximum absolute atomic E-state index is 12.2. The van der Waals surface area contributed by atoms with Crippen LogP contribution >= 0.6 is 0 Å². The topological polar surface area (TPSA) is 60.1 Å². The maximum Gasteiger partial charge on any atom is 0.268 e. The van der Waals surface area contributed by atoms with Crippen LogP contribution in [0.2, 0.25) is 0 Å². The molecule has 4 nitrogen and oxygen atoms in total. The largest absolute Gasteiger partial charge is 0.397 e. The minimum atomic E-state index is -0.0193. The fourth-order valence-corrected chi connectivity index (χ4v) is 2.22. The molecule has 19 heavy (non-hydrogen) atoms. The quantitative estimate of drug-likeness (QED) is 0.709. The van der Waals surface area contributed by atoms with Crippen LogP contribution in [0.1, 0.15) is 63.4 Å². The van der Waals surface area contributed by atoms with E-state index in [1.165, 1.54) is 12.8 Å². The van der Waals surface area contributed by atoms with E-state index in [9.17, 15) is 4.79 Å². The summed E-state index contributed by atoms with van der Waals surface area (Å²) in [5, 5.41) is 3.05. The zero-order chi connectivity index (χ0) is 14.3. The van der Waals surface area contributed by atoms with Crippen molar-refractivity contribution in [3.05, 3.63) is 18.0 Å². The van der Waals surface area contributed by atoms with E-state index in [-0.39, 0.29) is 11.9 Å². The third kappa shape index (κ3) is 4.97. The van der Waals surface area contributed by atoms with Gasteiger partial charge in [0.2, 0.25) is 0 Å². The lowest BCUT2D eigenvalue weighted by Crippen LogP contribution is -2.33. The molecule has 1 amide bonds. The Morgan fingerprint density at radius 3 is 2.74 bits per heavy atom. The standard InChI is InChI=1S/C15H27N3O/c1-4-6-7-8-12(3)17-15(19)14-10-13(16)11-18(14)9-5-2/h10-12H,4-9,16H2,1-3H3,(H,17,19). The summed E-state index contributed by atoms with van der Waals surface area (Å²) in [7, 11) is 0. The number of aryl methyl sites for hydroxylation is 1. The summed E-state index contributed by atoms with van der Waals surface area (Å²) in [6.07, 6.45) is 7.44. The van der Waals surface area contributed by atoms with Crippen LogP contribution in [0.4, 0.5) is 5.69 Å². The van der Waals surface area contributed by atoms with Crippen molar-refractivity contribution in [3.8, 4) is 0 Å². The molecule has 0 saturated heterocycles. The Bertz CT molecular complexity index is 398. The van der Waals surface area contributed by atoms with Crippen LogP contribution in [0.3, 0.4) is 0 Å². The third-order valence-electron chi connectivity index (χ3n) is 3.23. The van der Waals surface area contributed by atoms with Gasteiger partial charge in [0, 0.05) is 18.8 Å². The molecule has 0 fully saturated rings. The Labute approximate surface area is 116 Å². The maximum atomic E-state index is 12.2. The Kier molecular flexibility index (Phi) is 6.46. The lowest BCUT2D eigenvalue weighted by atomic mass is 10.1. The highest BCUT2D eigenvalue weighted by atomic mass is 16.2. The number of rotatable bonds is 8. The number of nitrogens with two attached hydrogens (primary N) is 1. The van der Waals surface area contributed by atoms with Gasteiger partial charge in [-0.3, -0.25) is 4.79 Å². The highest BCUT2D eigenvalue weighted by Gasteiger charge is 2.14. The number of hydrogen-bond acceptors (Lipinski definition) is 2. The van der Waals surface area contributed by atoms with Crippen LogP contribution in [0.5, 0.6) is 0 Å². The number of aromatic nitrogens is 1. The molecule has 0 bridgehead atoms. The minimum Gasteiger partial charge on any atom is -0.397 e. The van der Waals surface area contributed by atoms with Crippen LogP contribution in [-0.4, -0.2) is 16.5 Å². The second kappa shape index (κ2) is 7.87. The number of amides is 1. The van der Waals surface area contributed by atoms with Gasteiger partial charge in [-0.1, -0.05) is 33.1 Å². The van der Waals surface area contributed by atoms with E-state index in [1.54, 1.807) is 6.07 Å². The van der Waals surface area contributed by atoms with Crippen LogP contribution in [0, 0.1) is 0 Å². The van der Waals surface area contributed by atoms with Crippen LogP contribution in [0.15, 0.2) is 12.3 Å². The van der Waals surface area contributed by atoms with Gasteiger partial charge in [-0.15, -0.1) is 0 Å². The van der Waals surface area contributed by atoms with Crippen LogP contribution in [0.25, 0.3) is 0 Å². The second-order valence-electron chi connectivity index (χ2n) is 5.22. The summed E-state index contributed by atoms with van der Waals surface area (Å²) in [6.45, 7) is 7.16. The summed E-state index contributed by atoms with van der Waals surface area (Å²) in [4.78, 5) is 12.2. The first-order chi connectivity index (χ1) is 9.08. The number of nitrogen functional groups attached to an aromatic ring is 1. The number of carbonyl (C=O) groups is 1. The average Bonchev–Trinajstić information content (AvgIpc) is 2.71. The molecular formula is C15H27N3O. The van der Waals surface area contributed by atoms with Crippen LogP contribution in [-0.2, 0) is 6.54 Å². The Hall–Kier alpha value is -1.45. The van der Waals surface area contributed by atoms with Crippen molar-refractivity contribution < 1.29 is 4.79 Å². The molecule has 1 unspecified atom stereocenters. The van der Waals surface area contributed by atoms with E-state index in [2.05, 4.69) is 26.1 Å². The molecule has 0 aliphatic heterocycles. The summed E-state index contributed by atoms with van der Waals surface area (Å²) in [5.74, 6) is -0.0193. The van der Waals surface area contributed by atoms with Gasteiger partial charge in [0.25, 0.3) is 5.91 Å². The average molecular weight is 265 g/mol. The van der Waals surface area contributed by atoms with E-state index in [1.807, 2.05) is 10.8 Å². The zero-order valence-corrected chi connectivity index (χ0v) is 12.4. The van der Waals surface area contributed by atoms with Gasteiger partial charge in [0.1, 0.15) is 5.69 Å². The number of hydrogen-bond donors (Lipinski definition) is 2. The third-order valence-corrected chi connectivity index (χ3v) is 3.23. The van der Waals surface area contributed by atoms with E-state index in [4.69, 9.17) is 5.73 Å². The molecule has 0 aliphatic rings. The fraction of sp³-hybridized carbons (Fsp3) is 0.667. The first-order valence-electron chi connectivity index (χ1n) is 7.35. The molecular weight excluding hydrogens is 238 g/mol. The molecule has 108 valence electrons. The van der Waals surface area contributed by atoms with Gasteiger partial charge in [-0.25, -0.2) is 0 Å². The molecule has 0 spiro atoms. The van der Waals surface area contributed by atoms with Crippen molar-refractivity contribution >= 4 is 11.6 Å². The first-order valence-corrected chi connectivity index (χ1v) is 7.35. The highest BCUT2D eigenvalue weighted by molar-refractivity contribution is 5.94. The van der Waals surface area contributed by atoms with E-state index in [0.29, 0.717) is 11.4 Å². The van der Waals surface area contributed by atoms with Gasteiger partial charge in [-0.05, 0) is 25.8 Å². The van der Waals surface area contributed by atoms with Crippen molar-refractivity contribution in [1.29, 1.82) is 0 Å². The molecule has 1 atom stereocenters. The molecule has 0 saturated carbocycles. The molecule has 1 rings (SSSR count). The normalized spacial score (nSPS) is 12.4. The molecule has 0 aromatic carbocycles. The minimum absolute atomic E-state index is 0.0193. The predicted octanol–water partition coefficient (Wildman–Crippen LogP) is 3.18. The molecule has 0 radical (unpaired) electrons. The van der Waals surface area contributed by atoms with Crippen molar-refractivity contribution in [1.82, 2.24) is 9.88 Å². The van der Waals surface area contributed by atoms with E-state index < -0.39 is 0 Å². The number of nitrogens with zero attached hydrogens (tertiary/aromatic N) is 1. The zero-order valence-electron chi connectivity index (χ0n) is 12.4. The molecule has 1 heterocycles. The lowest BCUT2D eigenvalue weighted by Gasteiger charge is -2.14. The number of carbonyl (C=O) groups excluding carboxylic acids is 1. The predicted molar refractivity (Wildman–Crippen MR) is 80.2 cm³/mol. The number of nitrogens with one attached hydrogen (secondary N) is 1. The monoisotopic (exact) mass is 265 g/mol. The van der Waals surface area contributed by atoms with Crippen molar-refractivity contribution in [2.24, 2.45) is 0 Å². The Morgan fingerprint density at radius 1 is 1.37 bits per heavy atom. The van der Waals surface area contributed by atoms with E-state index in [0.717, 1.165) is 25.8 Å². The summed E-state index contributed by atoms with van der Waals surface area (Å²) in [5.41, 5.74) is 7.09. The van der Waals surface area contributed by atoms with Gasteiger partial charge >= 0.3 is 0 Å². The summed E-state index contributed by atoms with van der Waals surface area (Å²) >= 11 is 0. The molecule has 0 aliphatic carbocycles. The second-order valence-corrected chi connectivity index (χ2v) is 5.22. The van der Waals surface area contributed by atoms with Gasteiger partial charge < -0.3 is 15.6 Å². The SMILES string of the molecule is CCCCCC(C)NC(=O)c1cc(N)cn1CCC. The van der Waals surface area contributed by atoms with E-state index >= 15 is 0 Å². The van der Waals surface area contributed by atoms with Crippen molar-refractivity contribution in [2.75, 3.05) is 5.73 Å². The molecule has 3 N–H and O–H groups in total. The van der Waals surface area contributed by atoms with Crippen molar-refractivity contribution in [3.63, 3.8) is 0 Å². The molecule has 1 aromatic heterocycles. The van der Waals surface area contributed by atoms with Gasteiger partial charge in [0.15, 0.2) is 0 Å². The Balaban J connectivity index is 2.57. The number of anilines is 1. The summed E-state index contributed by atoms with van der Waals surface area (Å²) in [6, 6.07) is 1.97. The first kappa shape index (κ1) is 15.6. The molecule has 4 heteroatoms. The number of unbranched alkanes of at least 4 members (excludes halogenated alkanes) is 2. The smallest absolute Gasteiger partial charge is 0.268 e. The van der Waals surface area contributed by atoms with Crippen LogP contribution < -0.4 is 11.1 Å². The molecule has 1 aromatic rings. The van der Waals surface area contributed by atoms with Gasteiger partial charge in [0.05, 0.1) is 5.69 Å². The Morgan fingerprint density at radius 2 is 2.11 bits per heavy atom. The highest BCUT2D eigenvalue weighted by Crippen LogP contribution is 2.12. The fourth-order valence-electron chi connectivity index (χ4n) is 2.22. The van der Waals surface area contributed by atoms with Gasteiger partial charge in [-0.2, -0.15) is 0 Å². The van der Waals surface area contributed by atoms with Crippen molar-refractivity contribution in [2.45, 2.75) is 65.5 Å². The summed E-state index contributed by atoms with van der Waals surface area (Å²) < 4.78 is 1.93.